The summed E-state index contributed by atoms with van der Waals surface area (Å²) in [6, 6.07) is 13.0. The van der Waals surface area contributed by atoms with Crippen molar-refractivity contribution in [1.29, 1.82) is 0 Å². The first kappa shape index (κ1) is 14.0. The third-order valence-electron chi connectivity index (χ3n) is 3.82. The highest BCUT2D eigenvalue weighted by atomic mass is 32.1. The summed E-state index contributed by atoms with van der Waals surface area (Å²) in [6.45, 7) is 4.23. The lowest BCUT2D eigenvalue weighted by Gasteiger charge is -2.16. The number of halogens is 1. The van der Waals surface area contributed by atoms with Crippen LogP contribution < -0.4 is 0 Å². The van der Waals surface area contributed by atoms with Gasteiger partial charge in [0.25, 0.3) is 0 Å². The summed E-state index contributed by atoms with van der Waals surface area (Å²) >= 11 is 5.47. The van der Waals surface area contributed by atoms with Crippen molar-refractivity contribution in [1.82, 2.24) is 9.55 Å². The second-order valence-electron chi connectivity index (χ2n) is 5.45. The van der Waals surface area contributed by atoms with Gasteiger partial charge in [-0.15, -0.1) is 0 Å². The summed E-state index contributed by atoms with van der Waals surface area (Å²) in [4.78, 5) is 3.26. The maximum Gasteiger partial charge on any atom is 0.178 e. The molecule has 0 saturated heterocycles. The smallest absolute Gasteiger partial charge is 0.178 e. The lowest BCUT2D eigenvalue weighted by molar-refractivity contribution is 0.551. The molecule has 1 unspecified atom stereocenters. The van der Waals surface area contributed by atoms with Crippen molar-refractivity contribution in [3.05, 3.63) is 64.2 Å². The molecule has 0 aliphatic carbocycles. The number of nitrogens with zero attached hydrogens (tertiary/aromatic N) is 1. The molecule has 0 spiro atoms. The van der Waals surface area contributed by atoms with Gasteiger partial charge in [0.15, 0.2) is 4.77 Å². The average molecular weight is 300 g/mol. The SMILES string of the molecule is Cc1cccc2[nH]c(=S)n(C(C)Cc3ccc(F)cc3)c12. The molecule has 1 atom stereocenters. The van der Waals surface area contributed by atoms with Gasteiger partial charge in [0.2, 0.25) is 0 Å². The number of hydrogen-bond acceptors (Lipinski definition) is 1. The Morgan fingerprint density at radius 1 is 1.19 bits per heavy atom. The van der Waals surface area contributed by atoms with Gasteiger partial charge in [0.1, 0.15) is 5.82 Å². The van der Waals surface area contributed by atoms with Crippen molar-refractivity contribution in [3.8, 4) is 0 Å². The van der Waals surface area contributed by atoms with Gasteiger partial charge in [-0.3, -0.25) is 0 Å². The summed E-state index contributed by atoms with van der Waals surface area (Å²) in [6.07, 6.45) is 0.815. The Balaban J connectivity index is 2.01. The number of fused-ring (bicyclic) bond motifs is 1. The quantitative estimate of drug-likeness (QED) is 0.679. The van der Waals surface area contributed by atoms with Gasteiger partial charge in [0, 0.05) is 6.04 Å². The number of rotatable bonds is 3. The Morgan fingerprint density at radius 2 is 1.90 bits per heavy atom. The normalized spacial score (nSPS) is 12.7. The van der Waals surface area contributed by atoms with E-state index in [2.05, 4.69) is 29.5 Å². The van der Waals surface area contributed by atoms with E-state index in [0.29, 0.717) is 0 Å². The lowest BCUT2D eigenvalue weighted by atomic mass is 10.1. The van der Waals surface area contributed by atoms with Crippen molar-refractivity contribution < 1.29 is 4.39 Å². The summed E-state index contributed by atoms with van der Waals surface area (Å²) in [5.41, 5.74) is 4.52. The minimum absolute atomic E-state index is 0.203. The molecule has 3 rings (SSSR count). The van der Waals surface area contributed by atoms with E-state index in [-0.39, 0.29) is 11.9 Å². The number of imidazole rings is 1. The van der Waals surface area contributed by atoms with Crippen molar-refractivity contribution in [2.75, 3.05) is 0 Å². The molecule has 4 heteroatoms. The van der Waals surface area contributed by atoms with Gasteiger partial charge < -0.3 is 9.55 Å². The molecule has 2 aromatic carbocycles. The standard InChI is InChI=1S/C17H17FN2S/c1-11-4-3-5-15-16(11)20(17(21)19-15)12(2)10-13-6-8-14(18)9-7-13/h3-9,12H,10H2,1-2H3,(H,19,21). The molecule has 0 saturated carbocycles. The Kier molecular flexibility index (Phi) is 3.64. The summed E-state index contributed by atoms with van der Waals surface area (Å²) in [5.74, 6) is -0.203. The minimum atomic E-state index is -0.203. The molecule has 0 amide bonds. The van der Waals surface area contributed by atoms with Crippen LogP contribution in [-0.4, -0.2) is 9.55 Å². The predicted molar refractivity (Wildman–Crippen MR) is 86.7 cm³/mol. The van der Waals surface area contributed by atoms with Crippen LogP contribution in [0.25, 0.3) is 11.0 Å². The molecule has 1 aromatic heterocycles. The molecular weight excluding hydrogens is 283 g/mol. The van der Waals surface area contributed by atoms with E-state index in [1.807, 2.05) is 24.3 Å². The molecule has 2 nitrogen and oxygen atoms in total. The zero-order valence-electron chi connectivity index (χ0n) is 12.1. The fraction of sp³-hybridized carbons (Fsp3) is 0.235. The van der Waals surface area contributed by atoms with Crippen LogP contribution in [0.3, 0.4) is 0 Å². The van der Waals surface area contributed by atoms with E-state index < -0.39 is 0 Å². The highest BCUT2D eigenvalue weighted by molar-refractivity contribution is 7.71. The molecule has 1 N–H and O–H groups in total. The van der Waals surface area contributed by atoms with Gasteiger partial charge in [-0.2, -0.15) is 0 Å². The third kappa shape index (κ3) is 2.63. The van der Waals surface area contributed by atoms with Gasteiger partial charge in [-0.25, -0.2) is 4.39 Å². The Labute approximate surface area is 128 Å². The van der Waals surface area contributed by atoms with E-state index in [1.54, 1.807) is 0 Å². The third-order valence-corrected chi connectivity index (χ3v) is 4.12. The van der Waals surface area contributed by atoms with Crippen LogP contribution >= 0.6 is 12.2 Å². The van der Waals surface area contributed by atoms with Crippen LogP contribution in [-0.2, 0) is 6.42 Å². The molecule has 3 aromatic rings. The molecule has 0 fully saturated rings. The maximum absolute atomic E-state index is 13.0. The zero-order chi connectivity index (χ0) is 15.0. The highest BCUT2D eigenvalue weighted by Gasteiger charge is 2.13. The van der Waals surface area contributed by atoms with Crippen LogP contribution in [0.1, 0.15) is 24.1 Å². The highest BCUT2D eigenvalue weighted by Crippen LogP contribution is 2.24. The fourth-order valence-electron chi connectivity index (χ4n) is 2.83. The topological polar surface area (TPSA) is 20.7 Å². The van der Waals surface area contributed by atoms with Crippen LogP contribution in [0.15, 0.2) is 42.5 Å². The van der Waals surface area contributed by atoms with Gasteiger partial charge in [-0.1, -0.05) is 24.3 Å². The van der Waals surface area contributed by atoms with Crippen molar-refractivity contribution in [3.63, 3.8) is 0 Å². The zero-order valence-corrected chi connectivity index (χ0v) is 12.9. The monoisotopic (exact) mass is 300 g/mol. The number of aromatic amines is 1. The second kappa shape index (κ2) is 5.45. The van der Waals surface area contributed by atoms with Crippen LogP contribution in [0.4, 0.5) is 4.39 Å². The first-order chi connectivity index (χ1) is 10.1. The van der Waals surface area contributed by atoms with Crippen LogP contribution in [0, 0.1) is 17.5 Å². The Bertz CT molecular complexity index is 830. The molecule has 21 heavy (non-hydrogen) atoms. The number of nitrogens with one attached hydrogen (secondary N) is 1. The van der Waals surface area contributed by atoms with Crippen molar-refractivity contribution in [2.45, 2.75) is 26.3 Å². The minimum Gasteiger partial charge on any atom is -0.331 e. The van der Waals surface area contributed by atoms with Crippen LogP contribution in [0.2, 0.25) is 0 Å². The fourth-order valence-corrected chi connectivity index (χ4v) is 3.21. The molecule has 0 aliphatic rings. The van der Waals surface area contributed by atoms with E-state index in [4.69, 9.17) is 12.2 Å². The number of aromatic nitrogens is 2. The van der Waals surface area contributed by atoms with E-state index in [1.165, 1.54) is 17.7 Å². The molecule has 0 bridgehead atoms. The second-order valence-corrected chi connectivity index (χ2v) is 5.84. The molecule has 108 valence electrons. The predicted octanol–water partition coefficient (Wildman–Crippen LogP) is 4.95. The van der Waals surface area contributed by atoms with Crippen molar-refractivity contribution >= 4 is 23.3 Å². The largest absolute Gasteiger partial charge is 0.331 e. The van der Waals surface area contributed by atoms with Crippen LogP contribution in [0.5, 0.6) is 0 Å². The van der Waals surface area contributed by atoms with E-state index in [9.17, 15) is 4.39 Å². The number of para-hydroxylation sites is 1. The van der Waals surface area contributed by atoms with E-state index >= 15 is 0 Å². The molecule has 0 radical (unpaired) electrons. The Hall–Kier alpha value is -1.94. The number of H-pyrrole nitrogens is 1. The number of hydrogen-bond donors (Lipinski definition) is 1. The van der Waals surface area contributed by atoms with Crippen molar-refractivity contribution in [2.24, 2.45) is 0 Å². The molecular formula is C17H17FN2S. The summed E-state index contributed by atoms with van der Waals surface area (Å²) in [5, 5.41) is 0. The maximum atomic E-state index is 13.0. The Morgan fingerprint density at radius 3 is 2.62 bits per heavy atom. The number of aryl methyl sites for hydroxylation is 1. The van der Waals surface area contributed by atoms with Gasteiger partial charge >= 0.3 is 0 Å². The van der Waals surface area contributed by atoms with E-state index in [0.717, 1.165) is 27.8 Å². The molecule has 1 heterocycles. The first-order valence-corrected chi connectivity index (χ1v) is 7.41. The van der Waals surface area contributed by atoms with Gasteiger partial charge in [0.05, 0.1) is 11.0 Å². The number of benzene rings is 2. The molecule has 0 aliphatic heterocycles. The average Bonchev–Trinajstić information content (AvgIpc) is 2.79. The lowest BCUT2D eigenvalue weighted by Crippen LogP contribution is -2.09. The van der Waals surface area contributed by atoms with Gasteiger partial charge in [-0.05, 0) is 61.8 Å². The summed E-state index contributed by atoms with van der Waals surface area (Å²) < 4.78 is 15.9. The summed E-state index contributed by atoms with van der Waals surface area (Å²) in [7, 11) is 0. The first-order valence-electron chi connectivity index (χ1n) is 7.00.